The van der Waals surface area contributed by atoms with Crippen molar-refractivity contribution in [2.24, 2.45) is 0 Å². The summed E-state index contributed by atoms with van der Waals surface area (Å²) in [7, 11) is 1.62. The first-order valence-corrected chi connectivity index (χ1v) is 7.82. The Kier molecular flexibility index (Phi) is 5.09. The summed E-state index contributed by atoms with van der Waals surface area (Å²) >= 11 is 0. The van der Waals surface area contributed by atoms with Gasteiger partial charge in [0.15, 0.2) is 5.82 Å². The van der Waals surface area contributed by atoms with Crippen LogP contribution in [0.1, 0.15) is 11.1 Å². The summed E-state index contributed by atoms with van der Waals surface area (Å²) < 4.78 is 19.6. The van der Waals surface area contributed by atoms with Crippen LogP contribution in [0.25, 0.3) is 0 Å². The van der Waals surface area contributed by atoms with Gasteiger partial charge in [-0.2, -0.15) is 0 Å². The van der Waals surface area contributed by atoms with E-state index >= 15 is 0 Å². The number of anilines is 1. The van der Waals surface area contributed by atoms with Gasteiger partial charge in [0.2, 0.25) is 0 Å². The highest BCUT2D eigenvalue weighted by molar-refractivity contribution is 5.35. The van der Waals surface area contributed by atoms with Crippen molar-refractivity contribution in [1.82, 2.24) is 9.55 Å². The van der Waals surface area contributed by atoms with Crippen LogP contribution in [0.4, 0.5) is 10.2 Å². The van der Waals surface area contributed by atoms with E-state index in [0.717, 1.165) is 16.9 Å². The van der Waals surface area contributed by atoms with E-state index in [0.29, 0.717) is 13.1 Å². The van der Waals surface area contributed by atoms with Crippen molar-refractivity contribution in [3.05, 3.63) is 88.2 Å². The number of hydrogen-bond acceptors (Lipinski definition) is 4. The fraction of sp³-hybridized carbons (Fsp3) is 0.158. The van der Waals surface area contributed by atoms with Crippen LogP contribution in [-0.4, -0.2) is 16.7 Å². The van der Waals surface area contributed by atoms with Gasteiger partial charge in [0, 0.05) is 18.9 Å². The molecule has 128 valence electrons. The Labute approximate surface area is 144 Å². The Hall–Kier alpha value is -3.15. The number of halogens is 1. The second-order valence-electron chi connectivity index (χ2n) is 5.54. The molecule has 0 atom stereocenters. The summed E-state index contributed by atoms with van der Waals surface area (Å²) in [5.41, 5.74) is 1.63. The fourth-order valence-electron chi connectivity index (χ4n) is 2.41. The Balaban J connectivity index is 1.71. The van der Waals surface area contributed by atoms with Gasteiger partial charge in [-0.25, -0.2) is 9.37 Å². The third-order valence-corrected chi connectivity index (χ3v) is 3.80. The largest absolute Gasteiger partial charge is 0.497 e. The van der Waals surface area contributed by atoms with E-state index in [4.69, 9.17) is 4.74 Å². The number of nitrogens with zero attached hydrogens (tertiary/aromatic N) is 2. The van der Waals surface area contributed by atoms with E-state index in [-0.39, 0.29) is 17.2 Å². The van der Waals surface area contributed by atoms with Crippen molar-refractivity contribution < 1.29 is 9.13 Å². The van der Waals surface area contributed by atoms with Crippen molar-refractivity contribution >= 4 is 5.82 Å². The second-order valence-corrected chi connectivity index (χ2v) is 5.54. The molecule has 0 saturated carbocycles. The van der Waals surface area contributed by atoms with E-state index in [1.807, 2.05) is 24.3 Å². The highest BCUT2D eigenvalue weighted by Crippen LogP contribution is 2.12. The first-order chi connectivity index (χ1) is 12.2. The van der Waals surface area contributed by atoms with Gasteiger partial charge in [0.05, 0.1) is 13.7 Å². The summed E-state index contributed by atoms with van der Waals surface area (Å²) in [5.74, 6) is 0.761. The molecule has 3 rings (SSSR count). The number of rotatable bonds is 6. The molecule has 25 heavy (non-hydrogen) atoms. The van der Waals surface area contributed by atoms with Crippen LogP contribution >= 0.6 is 0 Å². The zero-order chi connectivity index (χ0) is 17.6. The van der Waals surface area contributed by atoms with Gasteiger partial charge in [0.1, 0.15) is 11.6 Å². The van der Waals surface area contributed by atoms with E-state index in [2.05, 4.69) is 10.3 Å². The van der Waals surface area contributed by atoms with E-state index in [1.165, 1.54) is 16.7 Å². The molecule has 1 heterocycles. The molecule has 0 fully saturated rings. The van der Waals surface area contributed by atoms with Crippen LogP contribution < -0.4 is 15.6 Å². The SMILES string of the molecule is COc1ccc(CNc2nccn(Cc3ccc(F)cc3)c2=O)cc1. The lowest BCUT2D eigenvalue weighted by Gasteiger charge is -2.10. The topological polar surface area (TPSA) is 56.1 Å². The number of aromatic nitrogens is 2. The Morgan fingerprint density at radius 1 is 1.08 bits per heavy atom. The lowest BCUT2D eigenvalue weighted by molar-refractivity contribution is 0.414. The summed E-state index contributed by atoms with van der Waals surface area (Å²) in [6, 6.07) is 13.6. The normalized spacial score (nSPS) is 10.5. The van der Waals surface area contributed by atoms with Crippen LogP contribution in [0.5, 0.6) is 5.75 Å². The predicted octanol–water partition coefficient (Wildman–Crippen LogP) is 3.05. The molecule has 0 radical (unpaired) electrons. The molecule has 0 amide bonds. The summed E-state index contributed by atoms with van der Waals surface area (Å²) in [4.78, 5) is 16.6. The standard InChI is InChI=1S/C19H18FN3O2/c1-25-17-8-4-14(5-9-17)12-22-18-19(24)23(11-10-21-18)13-15-2-6-16(20)7-3-15/h2-11H,12-13H2,1H3,(H,21,22). The number of hydrogen-bond donors (Lipinski definition) is 1. The lowest BCUT2D eigenvalue weighted by atomic mass is 10.2. The molecule has 6 heteroatoms. The van der Waals surface area contributed by atoms with Crippen LogP contribution in [0.15, 0.2) is 65.7 Å². The van der Waals surface area contributed by atoms with Crippen molar-refractivity contribution in [1.29, 1.82) is 0 Å². The first-order valence-electron chi connectivity index (χ1n) is 7.82. The molecule has 1 N–H and O–H groups in total. The first kappa shape index (κ1) is 16.7. The Bertz CT molecular complexity index is 890. The summed E-state index contributed by atoms with van der Waals surface area (Å²) in [5, 5.41) is 3.06. The predicted molar refractivity (Wildman–Crippen MR) is 94.3 cm³/mol. The number of methoxy groups -OCH3 is 1. The molecule has 0 unspecified atom stereocenters. The third-order valence-electron chi connectivity index (χ3n) is 3.80. The van der Waals surface area contributed by atoms with Gasteiger partial charge in [0.25, 0.3) is 5.56 Å². The van der Waals surface area contributed by atoms with Gasteiger partial charge < -0.3 is 14.6 Å². The molecular formula is C19H18FN3O2. The quantitative estimate of drug-likeness (QED) is 0.750. The van der Waals surface area contributed by atoms with Crippen LogP contribution in [0.2, 0.25) is 0 Å². The maximum Gasteiger partial charge on any atom is 0.293 e. The minimum absolute atomic E-state index is 0.222. The average Bonchev–Trinajstić information content (AvgIpc) is 2.64. The molecule has 5 nitrogen and oxygen atoms in total. The van der Waals surface area contributed by atoms with Crippen LogP contribution in [0.3, 0.4) is 0 Å². The molecule has 0 saturated heterocycles. The molecule has 0 aliphatic rings. The van der Waals surface area contributed by atoms with Gasteiger partial charge in [-0.05, 0) is 35.4 Å². The maximum atomic E-state index is 13.0. The van der Waals surface area contributed by atoms with E-state index in [9.17, 15) is 9.18 Å². The van der Waals surface area contributed by atoms with Crippen molar-refractivity contribution in [3.8, 4) is 5.75 Å². The van der Waals surface area contributed by atoms with Gasteiger partial charge in [-0.1, -0.05) is 24.3 Å². The minimum atomic E-state index is -0.298. The Morgan fingerprint density at radius 2 is 1.76 bits per heavy atom. The highest BCUT2D eigenvalue weighted by Gasteiger charge is 2.06. The second kappa shape index (κ2) is 7.61. The van der Waals surface area contributed by atoms with Gasteiger partial charge >= 0.3 is 0 Å². The fourth-order valence-corrected chi connectivity index (χ4v) is 2.41. The summed E-state index contributed by atoms with van der Waals surface area (Å²) in [6.45, 7) is 0.839. The number of nitrogens with one attached hydrogen (secondary N) is 1. The van der Waals surface area contributed by atoms with Gasteiger partial charge in [-0.15, -0.1) is 0 Å². The minimum Gasteiger partial charge on any atom is -0.497 e. The van der Waals surface area contributed by atoms with E-state index < -0.39 is 0 Å². The molecule has 0 bridgehead atoms. The summed E-state index contributed by atoms with van der Waals surface area (Å²) in [6.07, 6.45) is 3.19. The highest BCUT2D eigenvalue weighted by atomic mass is 19.1. The molecule has 0 aliphatic heterocycles. The average molecular weight is 339 g/mol. The maximum absolute atomic E-state index is 13.0. The van der Waals surface area contributed by atoms with Crippen LogP contribution in [0, 0.1) is 5.82 Å². The van der Waals surface area contributed by atoms with E-state index in [1.54, 1.807) is 31.6 Å². The zero-order valence-corrected chi connectivity index (χ0v) is 13.8. The number of ether oxygens (including phenoxy) is 1. The monoisotopic (exact) mass is 339 g/mol. The third kappa shape index (κ3) is 4.23. The van der Waals surface area contributed by atoms with Crippen molar-refractivity contribution in [2.75, 3.05) is 12.4 Å². The molecule has 0 aliphatic carbocycles. The molecule has 0 spiro atoms. The lowest BCUT2D eigenvalue weighted by Crippen LogP contribution is -2.24. The smallest absolute Gasteiger partial charge is 0.293 e. The van der Waals surface area contributed by atoms with Crippen molar-refractivity contribution in [3.63, 3.8) is 0 Å². The molecular weight excluding hydrogens is 321 g/mol. The molecule has 1 aromatic heterocycles. The number of benzene rings is 2. The molecule has 3 aromatic rings. The zero-order valence-electron chi connectivity index (χ0n) is 13.8. The van der Waals surface area contributed by atoms with Crippen LogP contribution in [-0.2, 0) is 13.1 Å². The van der Waals surface area contributed by atoms with Crippen molar-refractivity contribution in [2.45, 2.75) is 13.1 Å². The molecule has 2 aromatic carbocycles. The van der Waals surface area contributed by atoms with Gasteiger partial charge in [-0.3, -0.25) is 4.79 Å². The Morgan fingerprint density at radius 3 is 2.44 bits per heavy atom.